The molecule has 0 atom stereocenters. The van der Waals surface area contributed by atoms with E-state index in [2.05, 4.69) is 6.58 Å². The number of ether oxygens (including phenoxy) is 2. The summed E-state index contributed by atoms with van der Waals surface area (Å²) >= 11 is 0. The lowest BCUT2D eigenvalue weighted by Gasteiger charge is -2.12. The number of phenols is 1. The molecule has 2 rings (SSSR count). The summed E-state index contributed by atoms with van der Waals surface area (Å²) in [6.07, 6.45) is 1.75. The Labute approximate surface area is 134 Å². The number of aromatic hydroxyl groups is 1. The van der Waals surface area contributed by atoms with Crippen molar-refractivity contribution in [2.24, 2.45) is 0 Å². The maximum atomic E-state index is 11.2. The molecule has 0 spiro atoms. The summed E-state index contributed by atoms with van der Waals surface area (Å²) in [5.74, 6) is -1.24. The first-order valence-corrected chi connectivity index (χ1v) is 7.12. The normalized spacial score (nSPS) is 10.1. The smallest absolute Gasteiger partial charge is 0.339 e. The molecule has 5 heteroatoms. The van der Waals surface area contributed by atoms with Crippen LogP contribution in [0.5, 0.6) is 17.2 Å². The highest BCUT2D eigenvalue weighted by molar-refractivity contribution is 5.92. The fourth-order valence-corrected chi connectivity index (χ4v) is 2.01. The van der Waals surface area contributed by atoms with Crippen molar-refractivity contribution < 1.29 is 24.5 Å². The van der Waals surface area contributed by atoms with Gasteiger partial charge in [0.05, 0.1) is 6.61 Å². The molecule has 120 valence electrons. The number of hydrogen-bond donors (Lipinski definition) is 2. The highest BCUT2D eigenvalue weighted by Crippen LogP contribution is 2.35. The quantitative estimate of drug-likeness (QED) is 0.814. The minimum Gasteiger partial charge on any atom is -0.504 e. The van der Waals surface area contributed by atoms with E-state index in [1.807, 2.05) is 24.3 Å². The molecule has 0 unspecified atom stereocenters. The summed E-state index contributed by atoms with van der Waals surface area (Å²) in [4.78, 5) is 11.2. The Morgan fingerprint density at radius 3 is 2.48 bits per heavy atom. The van der Waals surface area contributed by atoms with Gasteiger partial charge >= 0.3 is 5.97 Å². The van der Waals surface area contributed by atoms with Gasteiger partial charge in [0, 0.05) is 6.07 Å². The molecule has 0 saturated heterocycles. The van der Waals surface area contributed by atoms with Gasteiger partial charge in [-0.15, -0.1) is 0 Å². The van der Waals surface area contributed by atoms with Crippen LogP contribution in [-0.4, -0.2) is 22.8 Å². The first-order valence-electron chi connectivity index (χ1n) is 7.12. The van der Waals surface area contributed by atoms with Crippen molar-refractivity contribution in [1.82, 2.24) is 0 Å². The lowest BCUT2D eigenvalue weighted by molar-refractivity contribution is 0.0692. The second kappa shape index (κ2) is 7.35. The van der Waals surface area contributed by atoms with Gasteiger partial charge in [-0.1, -0.05) is 36.9 Å². The van der Waals surface area contributed by atoms with Crippen molar-refractivity contribution in [1.29, 1.82) is 0 Å². The highest BCUT2D eigenvalue weighted by Gasteiger charge is 2.17. The minimum atomic E-state index is -1.25. The summed E-state index contributed by atoms with van der Waals surface area (Å²) in [5.41, 5.74) is 1.68. The van der Waals surface area contributed by atoms with Crippen LogP contribution in [-0.2, 0) is 6.61 Å². The summed E-state index contributed by atoms with van der Waals surface area (Å²) in [7, 11) is 0. The third-order valence-electron chi connectivity index (χ3n) is 3.20. The molecule has 0 radical (unpaired) electrons. The van der Waals surface area contributed by atoms with Crippen LogP contribution >= 0.6 is 0 Å². The van der Waals surface area contributed by atoms with Gasteiger partial charge in [-0.3, -0.25) is 0 Å². The molecule has 0 heterocycles. The molecule has 5 nitrogen and oxygen atoms in total. The van der Waals surface area contributed by atoms with E-state index in [4.69, 9.17) is 14.6 Å². The zero-order chi connectivity index (χ0) is 16.8. The maximum Gasteiger partial charge on any atom is 0.339 e. The van der Waals surface area contributed by atoms with E-state index in [9.17, 15) is 9.90 Å². The first kappa shape index (κ1) is 16.4. The third-order valence-corrected chi connectivity index (χ3v) is 3.20. The average molecular weight is 314 g/mol. The third kappa shape index (κ3) is 4.03. The van der Waals surface area contributed by atoms with Crippen LogP contribution in [0.25, 0.3) is 6.08 Å². The number of aromatic carboxylic acids is 1. The van der Waals surface area contributed by atoms with Crippen LogP contribution in [0.2, 0.25) is 0 Å². The summed E-state index contributed by atoms with van der Waals surface area (Å²) < 4.78 is 10.9. The van der Waals surface area contributed by atoms with Crippen molar-refractivity contribution in [3.8, 4) is 17.2 Å². The van der Waals surface area contributed by atoms with Gasteiger partial charge in [-0.05, 0) is 24.1 Å². The molecule has 0 saturated carbocycles. The lowest BCUT2D eigenvalue weighted by atomic mass is 10.1. The van der Waals surface area contributed by atoms with Gasteiger partial charge in [0.25, 0.3) is 0 Å². The Morgan fingerprint density at radius 2 is 1.91 bits per heavy atom. The van der Waals surface area contributed by atoms with Crippen molar-refractivity contribution in [3.63, 3.8) is 0 Å². The molecule has 0 aliphatic carbocycles. The summed E-state index contributed by atoms with van der Waals surface area (Å²) in [5, 5.41) is 19.0. The highest BCUT2D eigenvalue weighted by atomic mass is 16.5. The van der Waals surface area contributed by atoms with Gasteiger partial charge in [-0.25, -0.2) is 4.79 Å². The summed E-state index contributed by atoms with van der Waals surface area (Å²) in [6.45, 7) is 6.01. The molecule has 0 aliphatic heterocycles. The number of rotatable bonds is 7. The summed E-state index contributed by atoms with van der Waals surface area (Å²) in [6, 6.07) is 10.4. The van der Waals surface area contributed by atoms with Crippen molar-refractivity contribution in [2.75, 3.05) is 6.61 Å². The second-order valence-electron chi connectivity index (χ2n) is 4.79. The Morgan fingerprint density at radius 1 is 1.22 bits per heavy atom. The number of carboxylic acids is 1. The molecule has 0 aliphatic rings. The van der Waals surface area contributed by atoms with E-state index in [1.165, 1.54) is 12.1 Å². The maximum absolute atomic E-state index is 11.2. The number of carboxylic acid groups (broad SMARTS) is 1. The molecule has 23 heavy (non-hydrogen) atoms. The van der Waals surface area contributed by atoms with Crippen LogP contribution < -0.4 is 9.47 Å². The Bertz CT molecular complexity index is 704. The van der Waals surface area contributed by atoms with Crippen molar-refractivity contribution in [2.45, 2.75) is 13.5 Å². The van der Waals surface area contributed by atoms with Gasteiger partial charge in [0.15, 0.2) is 11.5 Å². The SMILES string of the molecule is C=Cc1ccc(COc2cc(OCC)c(O)c(C(=O)O)c2)cc1. The molecule has 2 aromatic rings. The number of hydrogen-bond acceptors (Lipinski definition) is 4. The lowest BCUT2D eigenvalue weighted by Crippen LogP contribution is -2.03. The van der Waals surface area contributed by atoms with Crippen LogP contribution in [0.15, 0.2) is 43.0 Å². The second-order valence-corrected chi connectivity index (χ2v) is 4.79. The van der Waals surface area contributed by atoms with E-state index < -0.39 is 11.7 Å². The molecule has 0 amide bonds. The largest absolute Gasteiger partial charge is 0.504 e. The van der Waals surface area contributed by atoms with E-state index in [0.29, 0.717) is 12.4 Å². The Hall–Kier alpha value is -2.95. The Kier molecular flexibility index (Phi) is 5.25. The molecular weight excluding hydrogens is 296 g/mol. The van der Waals surface area contributed by atoms with Gasteiger partial charge in [0.2, 0.25) is 0 Å². The van der Waals surface area contributed by atoms with E-state index >= 15 is 0 Å². The van der Waals surface area contributed by atoms with E-state index in [-0.39, 0.29) is 17.9 Å². The zero-order valence-electron chi connectivity index (χ0n) is 12.8. The molecule has 0 fully saturated rings. The Balaban J connectivity index is 2.20. The number of benzene rings is 2. The van der Waals surface area contributed by atoms with Gasteiger partial charge in [-0.2, -0.15) is 0 Å². The molecule has 0 bridgehead atoms. The van der Waals surface area contributed by atoms with Gasteiger partial charge < -0.3 is 19.7 Å². The fraction of sp³-hybridized carbons (Fsp3) is 0.167. The molecule has 2 aromatic carbocycles. The topological polar surface area (TPSA) is 76.0 Å². The van der Waals surface area contributed by atoms with Crippen LogP contribution in [0.1, 0.15) is 28.4 Å². The zero-order valence-corrected chi connectivity index (χ0v) is 12.8. The van der Waals surface area contributed by atoms with Crippen LogP contribution in [0, 0.1) is 0 Å². The van der Waals surface area contributed by atoms with Crippen LogP contribution in [0.3, 0.4) is 0 Å². The monoisotopic (exact) mass is 314 g/mol. The predicted octanol–water partition coefficient (Wildman–Crippen LogP) is 3.71. The predicted molar refractivity (Wildman–Crippen MR) is 87.1 cm³/mol. The molecular formula is C18H18O5. The minimum absolute atomic E-state index is 0.0874. The van der Waals surface area contributed by atoms with Crippen molar-refractivity contribution in [3.05, 3.63) is 59.7 Å². The van der Waals surface area contributed by atoms with Crippen LogP contribution in [0.4, 0.5) is 0 Å². The first-order chi connectivity index (χ1) is 11.0. The van der Waals surface area contributed by atoms with Gasteiger partial charge in [0.1, 0.15) is 17.9 Å². The van der Waals surface area contributed by atoms with Crippen molar-refractivity contribution >= 4 is 12.0 Å². The number of carbonyl (C=O) groups is 1. The average Bonchev–Trinajstić information content (AvgIpc) is 2.55. The standard InChI is InChI=1S/C18H18O5/c1-3-12-5-7-13(8-6-12)11-23-14-9-15(18(20)21)17(19)16(10-14)22-4-2/h3,5-10,19H,1,4,11H2,2H3,(H,20,21). The van der Waals surface area contributed by atoms with E-state index in [0.717, 1.165) is 11.1 Å². The molecule has 2 N–H and O–H groups in total. The molecule has 0 aromatic heterocycles. The van der Waals surface area contributed by atoms with E-state index in [1.54, 1.807) is 13.0 Å². The fourth-order valence-electron chi connectivity index (χ4n) is 2.01.